The molecule has 0 radical (unpaired) electrons. The first-order valence-electron chi connectivity index (χ1n) is 4.99. The van der Waals surface area contributed by atoms with Crippen LogP contribution in [0.1, 0.15) is 5.56 Å². The molecule has 0 aliphatic rings. The number of rotatable bonds is 2. The molecule has 2 heterocycles. The maximum Gasteiger partial charge on any atom is 0.412 e. The molecule has 6 nitrogen and oxygen atoms in total. The van der Waals surface area contributed by atoms with E-state index in [1.807, 2.05) is 0 Å². The van der Waals surface area contributed by atoms with Crippen molar-refractivity contribution in [2.24, 2.45) is 5.73 Å². The highest BCUT2D eigenvalue weighted by molar-refractivity contribution is 5.67. The molecule has 0 saturated heterocycles. The standard InChI is InChI=1S/C11H9FN4O2/c1-6-4-9(12)15-5-7(6)8-2-3-14-11(16-8)18-10(13)17/h2-5H,1H3,(H2,13,17). The molecule has 2 aromatic heterocycles. The monoisotopic (exact) mass is 248 g/mol. The Morgan fingerprint density at radius 2 is 2.22 bits per heavy atom. The van der Waals surface area contributed by atoms with E-state index < -0.39 is 12.0 Å². The van der Waals surface area contributed by atoms with Gasteiger partial charge in [-0.1, -0.05) is 0 Å². The SMILES string of the molecule is Cc1cc(F)ncc1-c1ccnc(OC(N)=O)n1. The molecule has 92 valence electrons. The molecule has 0 unspecified atom stereocenters. The van der Waals surface area contributed by atoms with Crippen LogP contribution in [0.25, 0.3) is 11.3 Å². The summed E-state index contributed by atoms with van der Waals surface area (Å²) in [5, 5.41) is 0. The number of aromatic nitrogens is 3. The fourth-order valence-electron chi connectivity index (χ4n) is 1.42. The van der Waals surface area contributed by atoms with Gasteiger partial charge in [-0.15, -0.1) is 0 Å². The topological polar surface area (TPSA) is 91.0 Å². The molecule has 0 aliphatic heterocycles. The fraction of sp³-hybridized carbons (Fsp3) is 0.0909. The van der Waals surface area contributed by atoms with Crippen molar-refractivity contribution in [3.63, 3.8) is 0 Å². The first-order valence-corrected chi connectivity index (χ1v) is 4.99. The number of hydrogen-bond acceptors (Lipinski definition) is 5. The second-order valence-corrected chi connectivity index (χ2v) is 3.47. The van der Waals surface area contributed by atoms with Gasteiger partial charge in [0.1, 0.15) is 0 Å². The molecule has 0 atom stereocenters. The minimum atomic E-state index is -0.999. The Hall–Kier alpha value is -2.57. The number of pyridine rings is 1. The van der Waals surface area contributed by atoms with Crippen molar-refractivity contribution in [1.29, 1.82) is 0 Å². The number of carbonyl (C=O) groups excluding carboxylic acids is 1. The van der Waals surface area contributed by atoms with Gasteiger partial charge in [0.25, 0.3) is 0 Å². The summed E-state index contributed by atoms with van der Waals surface area (Å²) in [4.78, 5) is 21.8. The molecular formula is C11H9FN4O2. The van der Waals surface area contributed by atoms with Gasteiger partial charge in [0, 0.05) is 18.0 Å². The Balaban J connectivity index is 2.41. The van der Waals surface area contributed by atoms with Gasteiger partial charge < -0.3 is 10.5 Å². The van der Waals surface area contributed by atoms with E-state index in [9.17, 15) is 9.18 Å². The van der Waals surface area contributed by atoms with E-state index in [0.717, 1.165) is 0 Å². The lowest BCUT2D eigenvalue weighted by Gasteiger charge is -2.05. The predicted octanol–water partition coefficient (Wildman–Crippen LogP) is 1.44. The highest BCUT2D eigenvalue weighted by Gasteiger charge is 2.08. The number of amides is 1. The van der Waals surface area contributed by atoms with Crippen molar-refractivity contribution in [3.05, 3.63) is 36.0 Å². The predicted molar refractivity (Wildman–Crippen MR) is 60.2 cm³/mol. The zero-order valence-electron chi connectivity index (χ0n) is 9.42. The third-order valence-electron chi connectivity index (χ3n) is 2.18. The number of carbonyl (C=O) groups is 1. The van der Waals surface area contributed by atoms with Gasteiger partial charge in [0.05, 0.1) is 5.69 Å². The van der Waals surface area contributed by atoms with Gasteiger partial charge in [0.2, 0.25) is 5.95 Å². The van der Waals surface area contributed by atoms with Crippen molar-refractivity contribution < 1.29 is 13.9 Å². The van der Waals surface area contributed by atoms with E-state index in [1.165, 1.54) is 18.5 Å². The fourth-order valence-corrected chi connectivity index (χ4v) is 1.42. The maximum absolute atomic E-state index is 12.9. The van der Waals surface area contributed by atoms with Crippen LogP contribution in [0.15, 0.2) is 24.5 Å². The van der Waals surface area contributed by atoms with Gasteiger partial charge in [-0.2, -0.15) is 9.37 Å². The molecule has 7 heteroatoms. The lowest BCUT2D eigenvalue weighted by Crippen LogP contribution is -2.17. The number of halogens is 1. The molecule has 18 heavy (non-hydrogen) atoms. The molecule has 2 aromatic rings. The quantitative estimate of drug-likeness (QED) is 0.812. The number of ether oxygens (including phenoxy) is 1. The third-order valence-corrected chi connectivity index (χ3v) is 2.18. The number of primary amides is 1. The van der Waals surface area contributed by atoms with E-state index in [4.69, 9.17) is 5.73 Å². The zero-order valence-corrected chi connectivity index (χ0v) is 9.42. The summed E-state index contributed by atoms with van der Waals surface area (Å²) in [6.45, 7) is 1.72. The summed E-state index contributed by atoms with van der Waals surface area (Å²) in [7, 11) is 0. The van der Waals surface area contributed by atoms with E-state index in [1.54, 1.807) is 13.0 Å². The van der Waals surface area contributed by atoms with Gasteiger partial charge in [-0.05, 0) is 24.6 Å². The Morgan fingerprint density at radius 1 is 1.44 bits per heavy atom. The summed E-state index contributed by atoms with van der Waals surface area (Å²) < 4.78 is 17.4. The van der Waals surface area contributed by atoms with Crippen LogP contribution in [-0.4, -0.2) is 21.0 Å². The number of aryl methyl sites for hydroxylation is 1. The van der Waals surface area contributed by atoms with Crippen molar-refractivity contribution in [3.8, 4) is 17.3 Å². The van der Waals surface area contributed by atoms with Gasteiger partial charge in [0.15, 0.2) is 0 Å². The summed E-state index contributed by atoms with van der Waals surface area (Å²) >= 11 is 0. The van der Waals surface area contributed by atoms with Crippen LogP contribution < -0.4 is 10.5 Å². The van der Waals surface area contributed by atoms with Crippen molar-refractivity contribution in [2.75, 3.05) is 0 Å². The van der Waals surface area contributed by atoms with E-state index in [2.05, 4.69) is 19.7 Å². The molecule has 0 spiro atoms. The summed E-state index contributed by atoms with van der Waals surface area (Å²) in [5.74, 6) is -0.570. The smallest absolute Gasteiger partial charge is 0.374 e. The molecular weight excluding hydrogens is 239 g/mol. The first-order chi connectivity index (χ1) is 8.56. The zero-order chi connectivity index (χ0) is 13.1. The lowest BCUT2D eigenvalue weighted by molar-refractivity contribution is 0.207. The molecule has 0 saturated carbocycles. The molecule has 0 aliphatic carbocycles. The van der Waals surface area contributed by atoms with E-state index >= 15 is 0 Å². The molecule has 2 N–H and O–H groups in total. The van der Waals surface area contributed by atoms with E-state index in [-0.39, 0.29) is 6.01 Å². The molecule has 2 rings (SSSR count). The van der Waals surface area contributed by atoms with Crippen LogP contribution in [0.4, 0.5) is 9.18 Å². The van der Waals surface area contributed by atoms with Gasteiger partial charge in [-0.25, -0.2) is 14.8 Å². The maximum atomic E-state index is 12.9. The van der Waals surface area contributed by atoms with Crippen LogP contribution in [0.5, 0.6) is 6.01 Å². The van der Waals surface area contributed by atoms with E-state index in [0.29, 0.717) is 16.8 Å². The Bertz CT molecular complexity index is 603. The summed E-state index contributed by atoms with van der Waals surface area (Å²) in [6.07, 6.45) is 1.76. The summed E-state index contributed by atoms with van der Waals surface area (Å²) in [5.41, 5.74) is 6.60. The largest absolute Gasteiger partial charge is 0.412 e. The average molecular weight is 248 g/mol. The second kappa shape index (κ2) is 4.74. The van der Waals surface area contributed by atoms with Crippen molar-refractivity contribution >= 4 is 6.09 Å². The third kappa shape index (κ3) is 2.57. The van der Waals surface area contributed by atoms with Crippen LogP contribution >= 0.6 is 0 Å². The van der Waals surface area contributed by atoms with Crippen LogP contribution in [0, 0.1) is 12.9 Å². The van der Waals surface area contributed by atoms with Crippen LogP contribution in [-0.2, 0) is 0 Å². The average Bonchev–Trinajstić information content (AvgIpc) is 2.28. The molecule has 0 aromatic carbocycles. The molecule has 0 bridgehead atoms. The second-order valence-electron chi connectivity index (χ2n) is 3.47. The molecule has 0 fully saturated rings. The van der Waals surface area contributed by atoms with Gasteiger partial charge >= 0.3 is 12.1 Å². The number of nitrogens with two attached hydrogens (primary N) is 1. The lowest BCUT2D eigenvalue weighted by atomic mass is 10.1. The summed E-state index contributed by atoms with van der Waals surface area (Å²) in [6, 6.07) is 2.71. The van der Waals surface area contributed by atoms with Crippen molar-refractivity contribution in [1.82, 2.24) is 15.0 Å². The first kappa shape index (κ1) is 11.9. The normalized spacial score (nSPS) is 10.1. The Morgan fingerprint density at radius 3 is 2.89 bits per heavy atom. The highest BCUT2D eigenvalue weighted by Crippen LogP contribution is 2.21. The highest BCUT2D eigenvalue weighted by atomic mass is 19.1. The number of nitrogens with zero attached hydrogens (tertiary/aromatic N) is 3. The van der Waals surface area contributed by atoms with Crippen LogP contribution in [0.2, 0.25) is 0 Å². The Kier molecular flexibility index (Phi) is 3.13. The van der Waals surface area contributed by atoms with Crippen molar-refractivity contribution in [2.45, 2.75) is 6.92 Å². The minimum Gasteiger partial charge on any atom is -0.374 e. The minimum absolute atomic E-state index is 0.163. The Labute approximate surface area is 102 Å². The van der Waals surface area contributed by atoms with Crippen LogP contribution in [0.3, 0.4) is 0 Å². The number of hydrogen-bond donors (Lipinski definition) is 1. The van der Waals surface area contributed by atoms with Gasteiger partial charge in [-0.3, -0.25) is 0 Å². The molecule has 1 amide bonds.